The molecule has 1 atom stereocenters. The first-order valence-corrected chi connectivity index (χ1v) is 9.40. The smallest absolute Gasteiger partial charge is 0.485 e. The summed E-state index contributed by atoms with van der Waals surface area (Å²) in [6.45, 7) is -0.287. The van der Waals surface area contributed by atoms with E-state index >= 15 is 0 Å². The zero-order valence-corrected chi connectivity index (χ0v) is 15.7. The minimum Gasteiger partial charge on any atom is -0.485 e. The third-order valence-electron chi connectivity index (χ3n) is 4.08. The van der Waals surface area contributed by atoms with Crippen molar-refractivity contribution in [3.8, 4) is 11.5 Å². The molecule has 2 aromatic rings. The molecule has 9 heteroatoms. The molecule has 0 spiro atoms. The Kier molecular flexibility index (Phi) is 6.26. The van der Waals surface area contributed by atoms with Gasteiger partial charge in [0.25, 0.3) is 0 Å². The number of carbonyl (C=O) groups is 3. The van der Waals surface area contributed by atoms with Crippen LogP contribution in [0.4, 0.5) is 13.2 Å². The molecular weight excluding hydrogens is 409 g/mol. The summed E-state index contributed by atoms with van der Waals surface area (Å²) in [6.07, 6.45) is -4.37. The fraction of sp³-hybridized carbons (Fsp3) is 0.250. The van der Waals surface area contributed by atoms with E-state index < -0.39 is 17.9 Å². The SMILES string of the molecule is O=C1CC(=O)C(Cc2ccc(OCC(=O)c3ccc(OC(F)(F)F)cc3)cc2)S1. The number of ether oxygens (including phenoxy) is 2. The van der Waals surface area contributed by atoms with E-state index in [1.54, 1.807) is 24.3 Å². The van der Waals surface area contributed by atoms with Gasteiger partial charge >= 0.3 is 6.36 Å². The molecular formula is C20H15F3O5S. The number of carbonyl (C=O) groups excluding carboxylic acids is 3. The Morgan fingerprint density at radius 2 is 1.62 bits per heavy atom. The number of thioether (sulfide) groups is 1. The van der Waals surface area contributed by atoms with E-state index in [0.717, 1.165) is 29.5 Å². The van der Waals surface area contributed by atoms with Crippen LogP contribution >= 0.6 is 11.8 Å². The van der Waals surface area contributed by atoms with Crippen LogP contribution in [0, 0.1) is 0 Å². The van der Waals surface area contributed by atoms with Gasteiger partial charge in [0.2, 0.25) is 0 Å². The topological polar surface area (TPSA) is 69.7 Å². The summed E-state index contributed by atoms with van der Waals surface area (Å²) in [7, 11) is 0. The van der Waals surface area contributed by atoms with Crippen LogP contribution in [0.5, 0.6) is 11.5 Å². The van der Waals surface area contributed by atoms with Gasteiger partial charge in [-0.3, -0.25) is 14.4 Å². The third-order valence-corrected chi connectivity index (χ3v) is 5.20. The molecule has 0 aliphatic carbocycles. The van der Waals surface area contributed by atoms with Gasteiger partial charge in [-0.05, 0) is 48.4 Å². The van der Waals surface area contributed by atoms with Crippen molar-refractivity contribution < 1.29 is 37.0 Å². The van der Waals surface area contributed by atoms with Crippen molar-refractivity contribution in [1.82, 2.24) is 0 Å². The molecule has 0 aromatic heterocycles. The van der Waals surface area contributed by atoms with Gasteiger partial charge in [0, 0.05) is 5.56 Å². The minimum atomic E-state index is -4.79. The van der Waals surface area contributed by atoms with Crippen LogP contribution in [0.3, 0.4) is 0 Å². The zero-order chi connectivity index (χ0) is 21.0. The van der Waals surface area contributed by atoms with E-state index in [1.165, 1.54) is 12.1 Å². The molecule has 0 N–H and O–H groups in total. The first-order chi connectivity index (χ1) is 13.7. The standard InChI is InChI=1S/C20H15F3O5S/c21-20(22,23)28-15-7-3-13(4-8-15)17(25)11-27-14-5-1-12(2-6-14)9-18-16(24)10-19(26)29-18/h1-8,18H,9-11H2. The molecule has 1 aliphatic heterocycles. The molecule has 1 unspecified atom stereocenters. The molecule has 2 aromatic carbocycles. The average Bonchev–Trinajstić information content (AvgIpc) is 2.97. The molecule has 1 fully saturated rings. The second-order valence-electron chi connectivity index (χ2n) is 6.25. The van der Waals surface area contributed by atoms with Crippen LogP contribution < -0.4 is 9.47 Å². The van der Waals surface area contributed by atoms with Gasteiger partial charge in [-0.15, -0.1) is 13.2 Å². The Balaban J connectivity index is 1.51. The number of alkyl halides is 3. The molecule has 1 saturated heterocycles. The Morgan fingerprint density at radius 3 is 2.17 bits per heavy atom. The predicted molar refractivity (Wildman–Crippen MR) is 99.1 cm³/mol. The lowest BCUT2D eigenvalue weighted by Gasteiger charge is -2.10. The number of halogens is 3. The lowest BCUT2D eigenvalue weighted by molar-refractivity contribution is -0.274. The number of ketones is 2. The number of Topliss-reactive ketones (excluding diaryl/α,β-unsaturated/α-hetero) is 2. The quantitative estimate of drug-likeness (QED) is 0.495. The molecule has 1 heterocycles. The lowest BCUT2D eigenvalue weighted by Crippen LogP contribution is -2.17. The molecule has 5 nitrogen and oxygen atoms in total. The van der Waals surface area contributed by atoms with Crippen LogP contribution in [0.2, 0.25) is 0 Å². The van der Waals surface area contributed by atoms with E-state index in [-0.39, 0.29) is 34.7 Å². The molecule has 0 saturated carbocycles. The minimum absolute atomic E-state index is 0.0258. The summed E-state index contributed by atoms with van der Waals surface area (Å²) in [6, 6.07) is 11.4. The molecule has 1 aliphatic rings. The van der Waals surface area contributed by atoms with Crippen molar-refractivity contribution in [3.63, 3.8) is 0 Å². The highest BCUT2D eigenvalue weighted by Crippen LogP contribution is 2.28. The summed E-state index contributed by atoms with van der Waals surface area (Å²) in [5.41, 5.74) is 1.06. The Morgan fingerprint density at radius 1 is 1.00 bits per heavy atom. The van der Waals surface area contributed by atoms with Crippen LogP contribution in [-0.4, -0.2) is 34.9 Å². The monoisotopic (exact) mass is 424 g/mol. The summed E-state index contributed by atoms with van der Waals surface area (Å²) < 4.78 is 45.6. The number of benzene rings is 2. The summed E-state index contributed by atoms with van der Waals surface area (Å²) in [5.74, 6) is -0.455. The van der Waals surface area contributed by atoms with Gasteiger partial charge in [0.05, 0.1) is 11.7 Å². The van der Waals surface area contributed by atoms with Gasteiger partial charge in [0.15, 0.2) is 23.3 Å². The predicted octanol–water partition coefficient (Wildman–Crippen LogP) is 3.99. The summed E-state index contributed by atoms with van der Waals surface area (Å²) in [4.78, 5) is 35.1. The first-order valence-electron chi connectivity index (χ1n) is 8.52. The van der Waals surface area contributed by atoms with Gasteiger partial charge in [-0.2, -0.15) is 0 Å². The highest BCUT2D eigenvalue weighted by atomic mass is 32.2. The van der Waals surface area contributed by atoms with Gasteiger partial charge in [-0.1, -0.05) is 23.9 Å². The van der Waals surface area contributed by atoms with E-state index in [0.29, 0.717) is 12.2 Å². The maximum Gasteiger partial charge on any atom is 0.573 e. The highest BCUT2D eigenvalue weighted by Gasteiger charge is 2.32. The van der Waals surface area contributed by atoms with Gasteiger partial charge < -0.3 is 9.47 Å². The maximum atomic E-state index is 12.1. The maximum absolute atomic E-state index is 12.1. The van der Waals surface area contributed by atoms with Crippen molar-refractivity contribution in [2.75, 3.05) is 6.61 Å². The normalized spacial score (nSPS) is 16.7. The molecule has 0 amide bonds. The zero-order valence-electron chi connectivity index (χ0n) is 14.9. The van der Waals surface area contributed by atoms with E-state index in [2.05, 4.69) is 4.74 Å². The Labute approximate surface area is 168 Å². The van der Waals surface area contributed by atoms with Crippen LogP contribution in [0.15, 0.2) is 48.5 Å². The Bertz CT molecular complexity index is 907. The molecule has 29 heavy (non-hydrogen) atoms. The number of hydrogen-bond donors (Lipinski definition) is 0. The van der Waals surface area contributed by atoms with Crippen LogP contribution in [0.1, 0.15) is 22.3 Å². The third kappa shape index (κ3) is 6.08. The molecule has 0 radical (unpaired) electrons. The summed E-state index contributed by atoms with van der Waals surface area (Å²) in [5, 5.41) is -0.475. The van der Waals surface area contributed by atoms with Gasteiger partial charge in [-0.25, -0.2) is 0 Å². The highest BCUT2D eigenvalue weighted by molar-refractivity contribution is 8.15. The van der Waals surface area contributed by atoms with Crippen molar-refractivity contribution in [2.45, 2.75) is 24.5 Å². The van der Waals surface area contributed by atoms with Crippen molar-refractivity contribution in [2.24, 2.45) is 0 Å². The number of hydrogen-bond acceptors (Lipinski definition) is 6. The molecule has 3 rings (SSSR count). The van der Waals surface area contributed by atoms with Crippen LogP contribution in [0.25, 0.3) is 0 Å². The Hall–Kier alpha value is -2.81. The van der Waals surface area contributed by atoms with E-state index in [9.17, 15) is 27.6 Å². The second kappa shape index (κ2) is 8.69. The first kappa shape index (κ1) is 20.9. The fourth-order valence-electron chi connectivity index (χ4n) is 2.69. The summed E-state index contributed by atoms with van der Waals surface area (Å²) >= 11 is 1.05. The van der Waals surface area contributed by atoms with E-state index in [4.69, 9.17) is 4.74 Å². The van der Waals surface area contributed by atoms with Crippen LogP contribution in [-0.2, 0) is 16.0 Å². The van der Waals surface area contributed by atoms with E-state index in [1.807, 2.05) is 0 Å². The average molecular weight is 424 g/mol. The molecule has 0 bridgehead atoms. The largest absolute Gasteiger partial charge is 0.573 e. The van der Waals surface area contributed by atoms with Crippen molar-refractivity contribution in [3.05, 3.63) is 59.7 Å². The molecule has 152 valence electrons. The second-order valence-corrected chi connectivity index (χ2v) is 7.51. The lowest BCUT2D eigenvalue weighted by atomic mass is 10.1. The fourth-order valence-corrected chi connectivity index (χ4v) is 3.72. The van der Waals surface area contributed by atoms with Gasteiger partial charge in [0.1, 0.15) is 11.5 Å². The van der Waals surface area contributed by atoms with Crippen molar-refractivity contribution in [1.29, 1.82) is 0 Å². The number of rotatable bonds is 7. The van der Waals surface area contributed by atoms with Crippen molar-refractivity contribution >= 4 is 28.4 Å².